The third kappa shape index (κ3) is 14.6. The van der Waals surface area contributed by atoms with Crippen LogP contribution in [0, 0.1) is 17.8 Å². The van der Waals surface area contributed by atoms with Crippen molar-refractivity contribution in [3.63, 3.8) is 0 Å². The van der Waals surface area contributed by atoms with Crippen LogP contribution in [0.5, 0.6) is 0 Å². The van der Waals surface area contributed by atoms with Crippen molar-refractivity contribution in [2.45, 2.75) is 117 Å². The fourth-order valence-corrected chi connectivity index (χ4v) is 6.38. The Morgan fingerprint density at radius 1 is 0.764 bits per heavy atom. The summed E-state index contributed by atoms with van der Waals surface area (Å²) in [7, 11) is 0. The van der Waals surface area contributed by atoms with Crippen molar-refractivity contribution < 1.29 is 39.2 Å². The van der Waals surface area contributed by atoms with Crippen LogP contribution >= 0.6 is 0 Å². The van der Waals surface area contributed by atoms with E-state index in [1.807, 2.05) is 95.3 Å². The first-order valence-electron chi connectivity index (χ1n) is 19.6. The average molecular weight is 763 g/mol. The molecule has 3 unspecified atom stereocenters. The first-order chi connectivity index (χ1) is 26.2. The largest absolute Gasteiger partial charge is 0.457 e. The Morgan fingerprint density at radius 3 is 2.11 bits per heavy atom. The van der Waals surface area contributed by atoms with E-state index in [9.17, 15) is 34.5 Å². The van der Waals surface area contributed by atoms with Gasteiger partial charge in [0.2, 0.25) is 17.7 Å². The van der Waals surface area contributed by atoms with Crippen molar-refractivity contribution in [2.75, 3.05) is 18.5 Å². The van der Waals surface area contributed by atoms with E-state index in [1.165, 1.54) is 0 Å². The Hall–Kier alpha value is -4.52. The number of nitrogens with one attached hydrogen (secondary N) is 4. The van der Waals surface area contributed by atoms with E-state index in [4.69, 9.17) is 4.74 Å². The van der Waals surface area contributed by atoms with Crippen LogP contribution in [-0.2, 0) is 25.7 Å². The number of unbranched alkanes of at least 4 members (excludes halogenated alkanes) is 1. The minimum Gasteiger partial charge on any atom is -0.457 e. The van der Waals surface area contributed by atoms with E-state index in [2.05, 4.69) is 21.3 Å². The zero-order chi connectivity index (χ0) is 40.5. The number of amides is 3. The summed E-state index contributed by atoms with van der Waals surface area (Å²) < 4.78 is 5.65. The number of anilines is 1. The molecule has 6 atom stereocenters. The number of carbonyl (C=O) groups excluding carboxylic acids is 4. The maximum absolute atomic E-state index is 13.9. The highest BCUT2D eigenvalue weighted by atomic mass is 16.5. The molecule has 0 aliphatic rings. The van der Waals surface area contributed by atoms with Crippen LogP contribution in [0.4, 0.5) is 5.69 Å². The van der Waals surface area contributed by atoms with E-state index in [-0.39, 0.29) is 42.8 Å². The van der Waals surface area contributed by atoms with Gasteiger partial charge in [-0.05, 0) is 61.5 Å². The molecule has 3 rings (SSSR count). The number of fused-ring (bicyclic) bond motifs is 1. The fourth-order valence-electron chi connectivity index (χ4n) is 6.38. The molecule has 3 aromatic carbocycles. The molecule has 0 saturated carbocycles. The molecule has 0 spiro atoms. The third-order valence-electron chi connectivity index (χ3n) is 9.46. The summed E-state index contributed by atoms with van der Waals surface area (Å²) in [6.45, 7) is 11.4. The van der Waals surface area contributed by atoms with E-state index in [0.29, 0.717) is 31.5 Å². The number of carbonyl (C=O) groups is 4. The molecule has 0 heterocycles. The number of rotatable bonds is 23. The average Bonchev–Trinajstić information content (AvgIpc) is 3.16. The predicted molar refractivity (Wildman–Crippen MR) is 215 cm³/mol. The van der Waals surface area contributed by atoms with Crippen molar-refractivity contribution in [2.24, 2.45) is 17.8 Å². The van der Waals surface area contributed by atoms with Crippen molar-refractivity contribution in [1.29, 1.82) is 0 Å². The highest BCUT2D eigenvalue weighted by Crippen LogP contribution is 2.29. The molecule has 12 heteroatoms. The van der Waals surface area contributed by atoms with Gasteiger partial charge in [0.1, 0.15) is 18.7 Å². The topological polar surface area (TPSA) is 186 Å². The summed E-state index contributed by atoms with van der Waals surface area (Å²) in [5, 5.41) is 44.6. The maximum atomic E-state index is 13.9. The number of ether oxygens (including phenoxy) is 1. The van der Waals surface area contributed by atoms with Crippen LogP contribution in [0.25, 0.3) is 10.8 Å². The Bertz CT molecular complexity index is 1670. The summed E-state index contributed by atoms with van der Waals surface area (Å²) in [6.07, 6.45) is -0.232. The van der Waals surface area contributed by atoms with Crippen molar-refractivity contribution in [3.05, 3.63) is 77.9 Å². The first kappa shape index (κ1) is 44.9. The Balaban J connectivity index is 1.79. The van der Waals surface area contributed by atoms with Gasteiger partial charge in [-0.2, -0.15) is 0 Å². The van der Waals surface area contributed by atoms with Gasteiger partial charge in [-0.1, -0.05) is 108 Å². The molecule has 3 aromatic rings. The smallest absolute Gasteiger partial charge is 0.340 e. The van der Waals surface area contributed by atoms with Gasteiger partial charge in [-0.25, -0.2) is 4.79 Å². The quantitative estimate of drug-likeness (QED) is 0.0647. The van der Waals surface area contributed by atoms with Gasteiger partial charge in [0, 0.05) is 17.8 Å². The maximum Gasteiger partial charge on any atom is 0.340 e. The Kier molecular flexibility index (Phi) is 18.6. The summed E-state index contributed by atoms with van der Waals surface area (Å²) >= 11 is 0. The van der Waals surface area contributed by atoms with Crippen LogP contribution in [0.1, 0.15) is 96.0 Å². The normalized spacial score (nSPS) is 14.7. The molecule has 12 nitrogen and oxygen atoms in total. The number of aliphatic hydroxyl groups excluding tert-OH is 3. The Morgan fingerprint density at radius 2 is 1.45 bits per heavy atom. The van der Waals surface area contributed by atoms with Crippen LogP contribution in [0.3, 0.4) is 0 Å². The van der Waals surface area contributed by atoms with Crippen molar-refractivity contribution in [3.8, 4) is 0 Å². The molecule has 0 aliphatic heterocycles. The van der Waals surface area contributed by atoms with Crippen molar-refractivity contribution >= 4 is 40.2 Å². The molecule has 0 radical (unpaired) electrons. The summed E-state index contributed by atoms with van der Waals surface area (Å²) in [6, 6.07) is 17.8. The molecule has 302 valence electrons. The summed E-state index contributed by atoms with van der Waals surface area (Å²) in [5.74, 6) is -2.38. The second-order valence-electron chi connectivity index (χ2n) is 15.3. The number of hydrogen-bond donors (Lipinski definition) is 7. The van der Waals surface area contributed by atoms with E-state index in [0.717, 1.165) is 22.8 Å². The standard InChI is InChI=1S/C43H62N4O8/c1-7-8-18-36(42(53)47-37(21-27(2)3)38(50)23-32(22-33(49)25-48)41(52)44-24-28(4)5)46-40(51)29(6)45-39-34-17-13-12-16-31(34)19-20-35(39)43(54)55-26-30-14-10-9-11-15-30/h9-17,19-20,27-29,32-33,36-38,45,48-50H,7-8,18,21-26H2,1-6H3,(H,44,52)(H,46,51)(H,47,53)/t29?,32?,33?,36-,37-,38-/m0/s1. The second-order valence-corrected chi connectivity index (χ2v) is 15.3. The van der Waals surface area contributed by atoms with Crippen LogP contribution in [-0.4, -0.2) is 82.5 Å². The van der Waals surface area contributed by atoms with Gasteiger partial charge in [-0.3, -0.25) is 14.4 Å². The van der Waals surface area contributed by atoms with Crippen LogP contribution in [0.15, 0.2) is 66.7 Å². The van der Waals surface area contributed by atoms with Crippen molar-refractivity contribution in [1.82, 2.24) is 16.0 Å². The number of hydrogen-bond acceptors (Lipinski definition) is 9. The lowest BCUT2D eigenvalue weighted by atomic mass is 9.88. The van der Waals surface area contributed by atoms with E-state index < -0.39 is 60.6 Å². The summed E-state index contributed by atoms with van der Waals surface area (Å²) in [5.41, 5.74) is 1.54. The zero-order valence-corrected chi connectivity index (χ0v) is 33.2. The van der Waals surface area contributed by atoms with Crippen LogP contribution in [0.2, 0.25) is 0 Å². The molecule has 0 bridgehead atoms. The molecule has 0 fully saturated rings. The lowest BCUT2D eigenvalue weighted by Gasteiger charge is -2.31. The SMILES string of the molecule is CCCC[C@H](NC(=O)C(C)Nc1c(C(=O)OCc2ccccc2)ccc2ccccc12)C(=O)N[C@@H](CC(C)C)[C@@H](O)CC(CC(O)CO)C(=O)NCC(C)C. The second kappa shape index (κ2) is 22.8. The fraction of sp³-hybridized carbons (Fsp3) is 0.535. The predicted octanol–water partition coefficient (Wildman–Crippen LogP) is 5.09. The molecule has 0 aromatic heterocycles. The summed E-state index contributed by atoms with van der Waals surface area (Å²) in [4.78, 5) is 54.2. The lowest BCUT2D eigenvalue weighted by Crippen LogP contribution is -2.55. The van der Waals surface area contributed by atoms with E-state index in [1.54, 1.807) is 13.0 Å². The number of benzene rings is 3. The zero-order valence-electron chi connectivity index (χ0n) is 33.2. The van der Waals surface area contributed by atoms with Gasteiger partial charge >= 0.3 is 5.97 Å². The number of esters is 1. The van der Waals surface area contributed by atoms with Gasteiger partial charge in [0.05, 0.1) is 36.1 Å². The molecule has 3 amide bonds. The highest BCUT2D eigenvalue weighted by Gasteiger charge is 2.32. The van der Waals surface area contributed by atoms with Gasteiger partial charge in [0.25, 0.3) is 0 Å². The van der Waals surface area contributed by atoms with E-state index >= 15 is 0 Å². The number of aliphatic hydroxyl groups is 3. The van der Waals surface area contributed by atoms with Gasteiger partial charge in [-0.15, -0.1) is 0 Å². The molecule has 7 N–H and O–H groups in total. The minimum atomic E-state index is -1.15. The van der Waals surface area contributed by atoms with Gasteiger partial charge < -0.3 is 41.3 Å². The molecule has 0 aliphatic carbocycles. The first-order valence-corrected chi connectivity index (χ1v) is 19.6. The molecular weight excluding hydrogens is 700 g/mol. The highest BCUT2D eigenvalue weighted by molar-refractivity contribution is 6.07. The van der Waals surface area contributed by atoms with Gasteiger partial charge in [0.15, 0.2) is 0 Å². The molecular formula is C43H62N4O8. The minimum absolute atomic E-state index is 0.0489. The Labute approximate surface area is 325 Å². The molecule has 0 saturated heterocycles. The third-order valence-corrected chi connectivity index (χ3v) is 9.46. The lowest BCUT2D eigenvalue weighted by molar-refractivity contribution is -0.131. The van der Waals surface area contributed by atoms with Crippen LogP contribution < -0.4 is 21.3 Å². The molecule has 55 heavy (non-hydrogen) atoms. The monoisotopic (exact) mass is 762 g/mol.